The van der Waals surface area contributed by atoms with Crippen LogP contribution in [-0.2, 0) is 6.42 Å². The van der Waals surface area contributed by atoms with Gasteiger partial charge in [0.05, 0.1) is 6.61 Å². The van der Waals surface area contributed by atoms with Crippen molar-refractivity contribution in [2.24, 2.45) is 5.92 Å². The van der Waals surface area contributed by atoms with Crippen molar-refractivity contribution in [3.05, 3.63) is 42.2 Å². The van der Waals surface area contributed by atoms with E-state index in [1.54, 1.807) is 0 Å². The molecule has 28 heavy (non-hydrogen) atoms. The zero-order valence-electron chi connectivity index (χ0n) is 17.5. The molecule has 1 aromatic carbocycles. The Kier molecular flexibility index (Phi) is 8.80. The second kappa shape index (κ2) is 11.8. The summed E-state index contributed by atoms with van der Waals surface area (Å²) in [6.07, 6.45) is 19.7. The molecule has 0 N–H and O–H groups in total. The lowest BCUT2D eigenvalue weighted by Gasteiger charge is -2.07. The molecule has 0 bridgehead atoms. The van der Waals surface area contributed by atoms with E-state index < -0.39 is 0 Å². The summed E-state index contributed by atoms with van der Waals surface area (Å²) in [6, 6.07) is 8.18. The number of hydrogen-bond donors (Lipinski definition) is 0. The average Bonchev–Trinajstić information content (AvgIpc) is 3.56. The number of ether oxygens (including phenoxy) is 1. The van der Waals surface area contributed by atoms with Crippen LogP contribution in [0, 0.1) is 5.92 Å². The van der Waals surface area contributed by atoms with E-state index >= 15 is 0 Å². The zero-order valence-corrected chi connectivity index (χ0v) is 17.5. The van der Waals surface area contributed by atoms with Gasteiger partial charge in [-0.25, -0.2) is 9.97 Å². The van der Waals surface area contributed by atoms with Gasteiger partial charge in [-0.3, -0.25) is 0 Å². The number of rotatable bonds is 14. The summed E-state index contributed by atoms with van der Waals surface area (Å²) >= 11 is 0. The summed E-state index contributed by atoms with van der Waals surface area (Å²) in [5.41, 5.74) is 2.29. The molecule has 3 rings (SSSR count). The van der Waals surface area contributed by atoms with Crippen LogP contribution in [0.5, 0.6) is 5.75 Å². The van der Waals surface area contributed by atoms with Gasteiger partial charge in [0.1, 0.15) is 5.75 Å². The Labute approximate surface area is 171 Å². The molecule has 0 radical (unpaired) electrons. The lowest BCUT2D eigenvalue weighted by Crippen LogP contribution is -1.98. The van der Waals surface area contributed by atoms with E-state index in [-0.39, 0.29) is 0 Å². The number of hydrogen-bond acceptors (Lipinski definition) is 3. The normalized spacial score (nSPS) is 13.6. The van der Waals surface area contributed by atoms with Crippen molar-refractivity contribution in [2.45, 2.75) is 84.0 Å². The maximum absolute atomic E-state index is 5.86. The fourth-order valence-electron chi connectivity index (χ4n) is 3.57. The van der Waals surface area contributed by atoms with Gasteiger partial charge in [0.25, 0.3) is 0 Å². The minimum Gasteiger partial charge on any atom is -0.494 e. The first kappa shape index (κ1) is 20.8. The molecule has 1 fully saturated rings. The molecule has 0 saturated heterocycles. The molecular formula is C25H36N2O. The standard InChI is InChI=1S/C25H36N2O/c1-2-3-4-5-6-7-11-22-19-26-25(27-20-22)23-14-16-24(17-15-23)28-18-9-8-10-21-12-13-21/h14-17,19-21H,2-13,18H2,1H3. The Bertz CT molecular complexity index is 662. The Morgan fingerprint density at radius 1 is 0.857 bits per heavy atom. The highest BCUT2D eigenvalue weighted by atomic mass is 16.5. The molecule has 3 nitrogen and oxygen atoms in total. The van der Waals surface area contributed by atoms with Gasteiger partial charge in [-0.15, -0.1) is 0 Å². The van der Waals surface area contributed by atoms with E-state index in [1.807, 2.05) is 24.5 Å². The Morgan fingerprint density at radius 3 is 2.29 bits per heavy atom. The Hall–Kier alpha value is -1.90. The molecule has 0 aliphatic heterocycles. The first-order chi connectivity index (χ1) is 13.8. The van der Waals surface area contributed by atoms with Crippen LogP contribution < -0.4 is 4.74 Å². The molecule has 0 atom stereocenters. The molecular weight excluding hydrogens is 344 g/mol. The van der Waals surface area contributed by atoms with Crippen LogP contribution in [0.1, 0.15) is 83.1 Å². The second-order valence-corrected chi connectivity index (χ2v) is 8.24. The topological polar surface area (TPSA) is 35.0 Å². The van der Waals surface area contributed by atoms with Gasteiger partial charge < -0.3 is 4.74 Å². The molecule has 1 saturated carbocycles. The van der Waals surface area contributed by atoms with Crippen molar-refractivity contribution in [2.75, 3.05) is 6.61 Å². The van der Waals surface area contributed by atoms with Crippen LogP contribution in [0.4, 0.5) is 0 Å². The summed E-state index contributed by atoms with van der Waals surface area (Å²) in [6.45, 7) is 3.08. The van der Waals surface area contributed by atoms with Crippen molar-refractivity contribution in [3.8, 4) is 17.1 Å². The van der Waals surface area contributed by atoms with Crippen molar-refractivity contribution in [1.82, 2.24) is 9.97 Å². The fraction of sp³-hybridized carbons (Fsp3) is 0.600. The summed E-state index contributed by atoms with van der Waals surface area (Å²) in [5, 5.41) is 0. The largest absolute Gasteiger partial charge is 0.494 e. The summed E-state index contributed by atoms with van der Waals surface area (Å²) < 4.78 is 5.86. The third-order valence-corrected chi connectivity index (χ3v) is 5.61. The maximum atomic E-state index is 5.86. The second-order valence-electron chi connectivity index (χ2n) is 8.24. The van der Waals surface area contributed by atoms with E-state index in [4.69, 9.17) is 4.74 Å². The van der Waals surface area contributed by atoms with Gasteiger partial charge >= 0.3 is 0 Å². The van der Waals surface area contributed by atoms with E-state index in [0.717, 1.165) is 42.5 Å². The summed E-state index contributed by atoms with van der Waals surface area (Å²) in [5.74, 6) is 2.76. The van der Waals surface area contributed by atoms with Crippen LogP contribution in [0.2, 0.25) is 0 Å². The molecule has 152 valence electrons. The van der Waals surface area contributed by atoms with Gasteiger partial charge in [0.15, 0.2) is 5.82 Å². The highest BCUT2D eigenvalue weighted by Crippen LogP contribution is 2.33. The van der Waals surface area contributed by atoms with E-state index in [2.05, 4.69) is 29.0 Å². The van der Waals surface area contributed by atoms with E-state index in [0.29, 0.717) is 0 Å². The lowest BCUT2D eigenvalue weighted by molar-refractivity contribution is 0.304. The lowest BCUT2D eigenvalue weighted by atomic mass is 10.1. The molecule has 0 amide bonds. The average molecular weight is 381 g/mol. The van der Waals surface area contributed by atoms with Gasteiger partial charge in [-0.1, -0.05) is 58.3 Å². The Balaban J connectivity index is 1.36. The van der Waals surface area contributed by atoms with Crippen LogP contribution in [-0.4, -0.2) is 16.6 Å². The minimum absolute atomic E-state index is 0.794. The predicted octanol–water partition coefficient (Wildman–Crippen LogP) is 7.01. The SMILES string of the molecule is CCCCCCCCc1cnc(-c2ccc(OCCCCC3CC3)cc2)nc1. The van der Waals surface area contributed by atoms with Crippen molar-refractivity contribution in [1.29, 1.82) is 0 Å². The predicted molar refractivity (Wildman–Crippen MR) is 117 cm³/mol. The van der Waals surface area contributed by atoms with Gasteiger partial charge in [0.2, 0.25) is 0 Å². The van der Waals surface area contributed by atoms with E-state index in [9.17, 15) is 0 Å². The van der Waals surface area contributed by atoms with Crippen LogP contribution in [0.3, 0.4) is 0 Å². The number of benzene rings is 1. The van der Waals surface area contributed by atoms with Gasteiger partial charge in [0, 0.05) is 18.0 Å². The molecule has 2 aromatic rings. The molecule has 1 heterocycles. The van der Waals surface area contributed by atoms with Gasteiger partial charge in [-0.2, -0.15) is 0 Å². The summed E-state index contributed by atoms with van der Waals surface area (Å²) in [4.78, 5) is 9.13. The quantitative estimate of drug-likeness (QED) is 0.331. The highest BCUT2D eigenvalue weighted by Gasteiger charge is 2.19. The minimum atomic E-state index is 0.794. The third kappa shape index (κ3) is 7.61. The first-order valence-corrected chi connectivity index (χ1v) is 11.4. The fourth-order valence-corrected chi connectivity index (χ4v) is 3.57. The van der Waals surface area contributed by atoms with Crippen LogP contribution in [0.15, 0.2) is 36.7 Å². The van der Waals surface area contributed by atoms with Gasteiger partial charge in [-0.05, 0) is 61.4 Å². The van der Waals surface area contributed by atoms with E-state index in [1.165, 1.54) is 69.8 Å². The molecule has 0 unspecified atom stereocenters. The first-order valence-electron chi connectivity index (χ1n) is 11.4. The number of aromatic nitrogens is 2. The molecule has 3 heteroatoms. The van der Waals surface area contributed by atoms with Crippen LogP contribution in [0.25, 0.3) is 11.4 Å². The van der Waals surface area contributed by atoms with Crippen molar-refractivity contribution in [3.63, 3.8) is 0 Å². The smallest absolute Gasteiger partial charge is 0.159 e. The third-order valence-electron chi connectivity index (χ3n) is 5.61. The number of aryl methyl sites for hydroxylation is 1. The number of nitrogens with zero attached hydrogens (tertiary/aromatic N) is 2. The molecule has 1 aliphatic rings. The molecule has 0 spiro atoms. The monoisotopic (exact) mass is 380 g/mol. The molecule has 1 aromatic heterocycles. The molecule has 1 aliphatic carbocycles. The maximum Gasteiger partial charge on any atom is 0.159 e. The van der Waals surface area contributed by atoms with Crippen molar-refractivity contribution >= 4 is 0 Å². The number of unbranched alkanes of at least 4 members (excludes halogenated alkanes) is 6. The zero-order chi connectivity index (χ0) is 19.4. The summed E-state index contributed by atoms with van der Waals surface area (Å²) in [7, 11) is 0. The van der Waals surface area contributed by atoms with Crippen LogP contribution >= 0.6 is 0 Å². The Morgan fingerprint density at radius 2 is 1.57 bits per heavy atom. The van der Waals surface area contributed by atoms with Crippen molar-refractivity contribution < 1.29 is 4.74 Å². The highest BCUT2D eigenvalue weighted by molar-refractivity contribution is 5.55.